The Hall–Kier alpha value is -2.53. The number of nitrogens with zero attached hydrogens (tertiary/aromatic N) is 2. The molecule has 4 nitrogen and oxygen atoms in total. The lowest BCUT2D eigenvalue weighted by atomic mass is 10.2. The van der Waals surface area contributed by atoms with Crippen molar-refractivity contribution in [3.05, 3.63) is 60.2 Å². The smallest absolute Gasteiger partial charge is 0.224 e. The minimum atomic E-state index is -0.386. The highest BCUT2D eigenvalue weighted by atomic mass is 19.1. The number of nitrogens with one attached hydrogen (secondary N) is 1. The molecule has 0 saturated carbocycles. The maximum atomic E-state index is 13.3. The van der Waals surface area contributed by atoms with Crippen LogP contribution in [0.2, 0.25) is 0 Å². The molecule has 1 N–H and O–H groups in total. The minimum Gasteiger partial charge on any atom is -0.436 e. The SMILES string of the molecule is CNCc1cc(F)cnc1Oc1cccc2cccnc12. The number of hydrogen-bond donors (Lipinski definition) is 1. The molecule has 0 atom stereocenters. The first kappa shape index (κ1) is 13.5. The highest BCUT2D eigenvalue weighted by molar-refractivity contribution is 5.84. The van der Waals surface area contributed by atoms with Crippen LogP contribution in [-0.4, -0.2) is 17.0 Å². The monoisotopic (exact) mass is 283 g/mol. The van der Waals surface area contributed by atoms with Crippen LogP contribution < -0.4 is 10.1 Å². The van der Waals surface area contributed by atoms with Crippen LogP contribution in [0, 0.1) is 5.82 Å². The number of rotatable bonds is 4. The number of halogens is 1. The summed E-state index contributed by atoms with van der Waals surface area (Å²) >= 11 is 0. The van der Waals surface area contributed by atoms with Crippen molar-refractivity contribution in [3.63, 3.8) is 0 Å². The summed E-state index contributed by atoms with van der Waals surface area (Å²) in [5.74, 6) is 0.595. The maximum Gasteiger partial charge on any atom is 0.224 e. The van der Waals surface area contributed by atoms with Gasteiger partial charge in [0.05, 0.1) is 6.20 Å². The van der Waals surface area contributed by atoms with Gasteiger partial charge in [0.1, 0.15) is 11.3 Å². The van der Waals surface area contributed by atoms with Crippen molar-refractivity contribution in [2.24, 2.45) is 0 Å². The molecule has 0 aliphatic carbocycles. The Morgan fingerprint density at radius 1 is 1.19 bits per heavy atom. The molecule has 0 fully saturated rings. The third-order valence-electron chi connectivity index (χ3n) is 3.06. The van der Waals surface area contributed by atoms with E-state index >= 15 is 0 Å². The quantitative estimate of drug-likeness (QED) is 0.798. The molecule has 0 aliphatic rings. The normalized spacial score (nSPS) is 10.8. The van der Waals surface area contributed by atoms with E-state index in [1.165, 1.54) is 6.07 Å². The van der Waals surface area contributed by atoms with E-state index in [0.717, 1.165) is 17.1 Å². The standard InChI is InChI=1S/C16H14FN3O/c1-18-9-12-8-13(17)10-20-16(12)21-14-6-2-4-11-5-3-7-19-15(11)14/h2-8,10,18H,9H2,1H3. The molecule has 2 aromatic heterocycles. The second-order valence-corrected chi connectivity index (χ2v) is 4.58. The number of benzene rings is 1. The lowest BCUT2D eigenvalue weighted by Crippen LogP contribution is -2.08. The van der Waals surface area contributed by atoms with E-state index in [1.807, 2.05) is 30.3 Å². The highest BCUT2D eigenvalue weighted by Crippen LogP contribution is 2.29. The van der Waals surface area contributed by atoms with Crippen LogP contribution in [0.1, 0.15) is 5.56 Å². The van der Waals surface area contributed by atoms with E-state index in [2.05, 4.69) is 15.3 Å². The van der Waals surface area contributed by atoms with Gasteiger partial charge in [0.15, 0.2) is 5.75 Å². The molecular formula is C16H14FN3O. The molecule has 3 aromatic rings. The topological polar surface area (TPSA) is 47.0 Å². The molecule has 0 amide bonds. The molecule has 3 rings (SSSR count). The molecule has 0 bridgehead atoms. The fourth-order valence-electron chi connectivity index (χ4n) is 2.14. The first-order valence-corrected chi connectivity index (χ1v) is 6.58. The van der Waals surface area contributed by atoms with E-state index in [9.17, 15) is 4.39 Å². The number of para-hydroxylation sites is 1. The van der Waals surface area contributed by atoms with Crippen LogP contribution in [-0.2, 0) is 6.54 Å². The van der Waals surface area contributed by atoms with Gasteiger partial charge in [-0.25, -0.2) is 9.37 Å². The molecule has 106 valence electrons. The molecule has 0 aliphatic heterocycles. The fraction of sp³-hybridized carbons (Fsp3) is 0.125. The van der Waals surface area contributed by atoms with Crippen LogP contribution in [0.3, 0.4) is 0 Å². The lowest BCUT2D eigenvalue weighted by Gasteiger charge is -2.11. The molecule has 0 saturated heterocycles. The number of pyridine rings is 2. The van der Waals surface area contributed by atoms with E-state index < -0.39 is 0 Å². The Labute approximate surface area is 121 Å². The van der Waals surface area contributed by atoms with Gasteiger partial charge in [-0.15, -0.1) is 0 Å². The Morgan fingerprint density at radius 3 is 2.90 bits per heavy atom. The molecule has 21 heavy (non-hydrogen) atoms. The molecule has 5 heteroatoms. The highest BCUT2D eigenvalue weighted by Gasteiger charge is 2.10. The second kappa shape index (κ2) is 5.85. The van der Waals surface area contributed by atoms with Crippen LogP contribution >= 0.6 is 0 Å². The summed E-state index contributed by atoms with van der Waals surface area (Å²) in [6, 6.07) is 10.9. The van der Waals surface area contributed by atoms with Gasteiger partial charge in [0, 0.05) is 23.7 Å². The third-order valence-corrected chi connectivity index (χ3v) is 3.06. The van der Waals surface area contributed by atoms with Gasteiger partial charge in [-0.05, 0) is 25.2 Å². The molecular weight excluding hydrogens is 269 g/mol. The van der Waals surface area contributed by atoms with Gasteiger partial charge >= 0.3 is 0 Å². The van der Waals surface area contributed by atoms with E-state index in [-0.39, 0.29) is 5.82 Å². The van der Waals surface area contributed by atoms with Gasteiger partial charge < -0.3 is 10.1 Å². The lowest BCUT2D eigenvalue weighted by molar-refractivity contribution is 0.454. The average molecular weight is 283 g/mol. The average Bonchev–Trinajstić information content (AvgIpc) is 2.50. The van der Waals surface area contributed by atoms with Gasteiger partial charge in [-0.2, -0.15) is 0 Å². The van der Waals surface area contributed by atoms with Crippen molar-refractivity contribution in [2.45, 2.75) is 6.54 Å². The van der Waals surface area contributed by atoms with Crippen molar-refractivity contribution in [1.29, 1.82) is 0 Å². The molecule has 0 spiro atoms. The molecule has 0 unspecified atom stereocenters. The van der Waals surface area contributed by atoms with Crippen molar-refractivity contribution < 1.29 is 9.13 Å². The Morgan fingerprint density at radius 2 is 2.05 bits per heavy atom. The number of ether oxygens (including phenoxy) is 1. The van der Waals surface area contributed by atoms with Crippen molar-refractivity contribution in [1.82, 2.24) is 15.3 Å². The van der Waals surface area contributed by atoms with Crippen molar-refractivity contribution in [2.75, 3.05) is 7.05 Å². The van der Waals surface area contributed by atoms with Crippen LogP contribution in [0.25, 0.3) is 10.9 Å². The van der Waals surface area contributed by atoms with Crippen LogP contribution in [0.15, 0.2) is 48.8 Å². The van der Waals surface area contributed by atoms with Crippen LogP contribution in [0.5, 0.6) is 11.6 Å². The van der Waals surface area contributed by atoms with E-state index in [0.29, 0.717) is 23.7 Å². The maximum absolute atomic E-state index is 13.3. The summed E-state index contributed by atoms with van der Waals surface area (Å²) in [5, 5.41) is 3.95. The minimum absolute atomic E-state index is 0.379. The summed E-state index contributed by atoms with van der Waals surface area (Å²) in [5.41, 5.74) is 1.41. The predicted molar refractivity (Wildman–Crippen MR) is 78.8 cm³/mol. The second-order valence-electron chi connectivity index (χ2n) is 4.58. The molecule has 0 radical (unpaired) electrons. The summed E-state index contributed by atoms with van der Waals surface area (Å²) in [6.07, 6.45) is 2.86. The van der Waals surface area contributed by atoms with Gasteiger partial charge in [0.25, 0.3) is 0 Å². The van der Waals surface area contributed by atoms with Crippen LogP contribution in [0.4, 0.5) is 4.39 Å². The van der Waals surface area contributed by atoms with Crippen molar-refractivity contribution >= 4 is 10.9 Å². The fourth-order valence-corrected chi connectivity index (χ4v) is 2.14. The van der Waals surface area contributed by atoms with Gasteiger partial charge in [-0.3, -0.25) is 4.98 Å². The summed E-state index contributed by atoms with van der Waals surface area (Å²) < 4.78 is 19.2. The van der Waals surface area contributed by atoms with E-state index in [1.54, 1.807) is 13.2 Å². The third kappa shape index (κ3) is 2.83. The zero-order valence-electron chi connectivity index (χ0n) is 11.5. The largest absolute Gasteiger partial charge is 0.436 e. The number of aromatic nitrogens is 2. The first-order chi connectivity index (χ1) is 10.3. The number of hydrogen-bond acceptors (Lipinski definition) is 4. The predicted octanol–water partition coefficient (Wildman–Crippen LogP) is 3.28. The Bertz CT molecular complexity index is 771. The summed E-state index contributed by atoms with van der Waals surface area (Å²) in [7, 11) is 1.79. The zero-order chi connectivity index (χ0) is 14.7. The Kier molecular flexibility index (Phi) is 3.75. The first-order valence-electron chi connectivity index (χ1n) is 6.58. The molecule has 2 heterocycles. The zero-order valence-corrected chi connectivity index (χ0v) is 11.5. The van der Waals surface area contributed by atoms with Gasteiger partial charge in [0.2, 0.25) is 5.88 Å². The van der Waals surface area contributed by atoms with E-state index in [4.69, 9.17) is 4.74 Å². The van der Waals surface area contributed by atoms with Gasteiger partial charge in [-0.1, -0.05) is 18.2 Å². The molecule has 1 aromatic carbocycles. The Balaban J connectivity index is 2.02. The summed E-state index contributed by atoms with van der Waals surface area (Å²) in [4.78, 5) is 8.36. The number of fused-ring (bicyclic) bond motifs is 1. The van der Waals surface area contributed by atoms with Crippen molar-refractivity contribution in [3.8, 4) is 11.6 Å². The summed E-state index contributed by atoms with van der Waals surface area (Å²) in [6.45, 7) is 0.471.